The summed E-state index contributed by atoms with van der Waals surface area (Å²) in [6, 6.07) is 0. The Morgan fingerprint density at radius 3 is 1.08 bits per heavy atom. The van der Waals surface area contributed by atoms with Gasteiger partial charge in [-0.3, -0.25) is 0 Å². The molecule has 0 aliphatic rings. The predicted molar refractivity (Wildman–Crippen MR) is 100.0 cm³/mol. The fourth-order valence-corrected chi connectivity index (χ4v) is 5.83. The maximum absolute atomic E-state index is 5.93. The van der Waals surface area contributed by atoms with Crippen molar-refractivity contribution in [2.75, 3.05) is 19.8 Å². The summed E-state index contributed by atoms with van der Waals surface area (Å²) in [4.78, 5) is 0. The fourth-order valence-electron chi connectivity index (χ4n) is 1.71. The van der Waals surface area contributed by atoms with Gasteiger partial charge in [0.2, 0.25) is 0 Å². The number of unbranched alkanes of at least 4 members (excludes halogenated alkanes) is 3. The zero-order valence-electron chi connectivity index (χ0n) is 17.0. The summed E-state index contributed by atoms with van der Waals surface area (Å²) in [6.07, 6.45) is 5.31. The normalized spacial score (nSPS) is 15.5. The van der Waals surface area contributed by atoms with Crippen molar-refractivity contribution in [3.05, 3.63) is 0 Å². The molecule has 0 rings (SSSR count). The second-order valence-corrected chi connectivity index (χ2v) is 10.1. The van der Waals surface area contributed by atoms with Crippen LogP contribution in [0.5, 0.6) is 0 Å². The standard InChI is InChI=1S/3C6H13O2.Bi/c3*1-3-4-5-8-6(2)7;/h3*6H,3-5H2,1-2H3;/q3*-1;+3. The van der Waals surface area contributed by atoms with E-state index in [1.165, 1.54) is 0 Å². The molecule has 0 aromatic heterocycles. The summed E-state index contributed by atoms with van der Waals surface area (Å²) in [5, 5.41) is 0. The van der Waals surface area contributed by atoms with Gasteiger partial charge in [-0.15, -0.1) is 0 Å². The van der Waals surface area contributed by atoms with Crippen molar-refractivity contribution in [2.24, 2.45) is 0 Å². The number of hydrogen-bond donors (Lipinski definition) is 0. The summed E-state index contributed by atoms with van der Waals surface area (Å²) in [5.74, 6) is 0. The molecule has 0 radical (unpaired) electrons. The van der Waals surface area contributed by atoms with Crippen LogP contribution in [0.4, 0.5) is 0 Å². The maximum atomic E-state index is 5.93. The minimum absolute atomic E-state index is 0.338. The van der Waals surface area contributed by atoms with Gasteiger partial charge < -0.3 is 0 Å². The van der Waals surface area contributed by atoms with Crippen LogP contribution in [0.15, 0.2) is 0 Å². The van der Waals surface area contributed by atoms with Crippen LogP contribution in [0.1, 0.15) is 80.1 Å². The van der Waals surface area contributed by atoms with Crippen molar-refractivity contribution in [3.63, 3.8) is 0 Å². The van der Waals surface area contributed by atoms with E-state index in [-0.39, 0.29) is 18.9 Å². The molecule has 25 heavy (non-hydrogen) atoms. The zero-order valence-corrected chi connectivity index (χ0v) is 20.5. The van der Waals surface area contributed by atoms with Gasteiger partial charge in [-0.1, -0.05) is 0 Å². The van der Waals surface area contributed by atoms with Gasteiger partial charge in [-0.2, -0.15) is 0 Å². The van der Waals surface area contributed by atoms with E-state index in [1.54, 1.807) is 0 Å². The van der Waals surface area contributed by atoms with Crippen molar-refractivity contribution in [1.82, 2.24) is 0 Å². The monoisotopic (exact) mass is 560 g/mol. The quantitative estimate of drug-likeness (QED) is 0.140. The first-order valence-electron chi connectivity index (χ1n) is 9.68. The first kappa shape index (κ1) is 25.6. The van der Waals surface area contributed by atoms with E-state index in [9.17, 15) is 0 Å². The Hall–Kier alpha value is 0.643. The Kier molecular flexibility index (Phi) is 18.5. The van der Waals surface area contributed by atoms with Gasteiger partial charge >= 0.3 is 164 Å². The van der Waals surface area contributed by atoms with Gasteiger partial charge in [-0.25, -0.2) is 0 Å². The van der Waals surface area contributed by atoms with Crippen LogP contribution in [0, 0.1) is 0 Å². The Morgan fingerprint density at radius 1 is 0.560 bits per heavy atom. The average molecular weight is 560 g/mol. The van der Waals surface area contributed by atoms with E-state index in [0.29, 0.717) is 19.8 Å². The van der Waals surface area contributed by atoms with Gasteiger partial charge in [0.05, 0.1) is 0 Å². The molecule has 3 atom stereocenters. The summed E-state index contributed by atoms with van der Waals surface area (Å²) in [7, 11) is 0. The third-order valence-corrected chi connectivity index (χ3v) is 8.72. The summed E-state index contributed by atoms with van der Waals surface area (Å²) in [5.41, 5.74) is 0. The predicted octanol–water partition coefficient (Wildman–Crippen LogP) is 4.51. The molecule has 0 spiro atoms. The van der Waals surface area contributed by atoms with Crippen LogP contribution >= 0.6 is 0 Å². The molecule has 7 heteroatoms. The van der Waals surface area contributed by atoms with E-state index in [4.69, 9.17) is 22.7 Å². The molecule has 152 valence electrons. The zero-order chi connectivity index (χ0) is 18.9. The first-order chi connectivity index (χ1) is 12.0. The molecular formula is C18H39BiO6. The molecule has 0 aromatic rings. The third-order valence-electron chi connectivity index (χ3n) is 3.25. The van der Waals surface area contributed by atoms with Gasteiger partial charge in [0.1, 0.15) is 0 Å². The molecule has 0 N–H and O–H groups in total. The van der Waals surface area contributed by atoms with E-state index in [1.807, 2.05) is 20.8 Å². The third kappa shape index (κ3) is 16.5. The van der Waals surface area contributed by atoms with E-state index in [0.717, 1.165) is 38.5 Å². The molecule has 0 aliphatic carbocycles. The van der Waals surface area contributed by atoms with E-state index >= 15 is 0 Å². The number of rotatable bonds is 18. The number of ether oxygens (including phenoxy) is 3. The van der Waals surface area contributed by atoms with Gasteiger partial charge in [0.15, 0.2) is 0 Å². The Labute approximate surface area is 164 Å². The van der Waals surface area contributed by atoms with Crippen LogP contribution in [-0.2, 0) is 22.7 Å². The molecule has 0 fully saturated rings. The molecule has 3 unspecified atom stereocenters. The molecule has 0 aliphatic heterocycles. The van der Waals surface area contributed by atoms with Crippen LogP contribution in [0.2, 0.25) is 0 Å². The van der Waals surface area contributed by atoms with Crippen LogP contribution in [-0.4, -0.2) is 61.8 Å². The van der Waals surface area contributed by atoms with Gasteiger partial charge in [0, 0.05) is 0 Å². The Balaban J connectivity index is 4.37. The average Bonchev–Trinajstić information content (AvgIpc) is 2.55. The summed E-state index contributed by atoms with van der Waals surface area (Å²) in [6.45, 7) is 14.1. The first-order valence-corrected chi connectivity index (χ1v) is 13.9. The molecule has 0 bridgehead atoms. The topological polar surface area (TPSA) is 55.4 Å². The van der Waals surface area contributed by atoms with Crippen LogP contribution in [0.3, 0.4) is 0 Å². The van der Waals surface area contributed by atoms with Gasteiger partial charge in [0.25, 0.3) is 0 Å². The Bertz CT molecular complexity index is 239. The Morgan fingerprint density at radius 2 is 0.840 bits per heavy atom. The molecule has 0 saturated carbocycles. The van der Waals surface area contributed by atoms with E-state index < -0.39 is 23.1 Å². The van der Waals surface area contributed by atoms with Crippen molar-refractivity contribution in [1.29, 1.82) is 0 Å². The van der Waals surface area contributed by atoms with Crippen LogP contribution in [0.25, 0.3) is 0 Å². The molecular weight excluding hydrogens is 521 g/mol. The summed E-state index contributed by atoms with van der Waals surface area (Å²) >= 11 is -3.16. The number of hydrogen-bond acceptors (Lipinski definition) is 6. The molecule has 0 saturated heterocycles. The van der Waals surface area contributed by atoms with Crippen molar-refractivity contribution < 1.29 is 22.7 Å². The van der Waals surface area contributed by atoms with Crippen molar-refractivity contribution in [3.8, 4) is 0 Å². The van der Waals surface area contributed by atoms with E-state index in [2.05, 4.69) is 20.8 Å². The SMILES string of the molecule is CCCCOC(C)[O][Bi]([O]C(C)OCCCC)[O]C(C)OCCCC. The molecule has 0 amide bonds. The summed E-state index contributed by atoms with van der Waals surface area (Å²) < 4.78 is 34.8. The molecule has 0 heterocycles. The minimum atomic E-state index is -3.16. The second kappa shape index (κ2) is 18.0. The van der Waals surface area contributed by atoms with Crippen LogP contribution < -0.4 is 0 Å². The van der Waals surface area contributed by atoms with Crippen molar-refractivity contribution >= 4 is 23.1 Å². The fraction of sp³-hybridized carbons (Fsp3) is 1.00. The van der Waals surface area contributed by atoms with Gasteiger partial charge in [-0.05, 0) is 0 Å². The molecule has 0 aromatic carbocycles. The second-order valence-electron chi connectivity index (χ2n) is 5.92. The molecule has 6 nitrogen and oxygen atoms in total. The van der Waals surface area contributed by atoms with Crippen molar-refractivity contribution in [2.45, 2.75) is 98.9 Å².